The van der Waals surface area contributed by atoms with Crippen molar-refractivity contribution in [3.05, 3.63) is 52.1 Å². The lowest BCUT2D eigenvalue weighted by Crippen LogP contribution is -2.31. The van der Waals surface area contributed by atoms with Crippen LogP contribution in [0.3, 0.4) is 0 Å². The molecule has 1 amide bonds. The van der Waals surface area contributed by atoms with Gasteiger partial charge in [-0.15, -0.1) is 0 Å². The molecule has 1 N–H and O–H groups in total. The number of nitrogens with one attached hydrogen (secondary N) is 1. The number of para-hydroxylation sites is 1. The highest BCUT2D eigenvalue weighted by molar-refractivity contribution is 6.00. The lowest BCUT2D eigenvalue weighted by Gasteiger charge is -2.19. The third kappa shape index (κ3) is 4.24. The maximum absolute atomic E-state index is 12.8. The normalized spacial score (nSPS) is 15.6. The largest absolute Gasteiger partial charge is 0.493 e. The summed E-state index contributed by atoms with van der Waals surface area (Å²) in [4.78, 5) is 26.1. The lowest BCUT2D eigenvalue weighted by atomic mass is 10.1. The summed E-state index contributed by atoms with van der Waals surface area (Å²) < 4.78 is 15.6. The van der Waals surface area contributed by atoms with Gasteiger partial charge in [-0.3, -0.25) is 14.9 Å². The molecule has 2 aromatic carbocycles. The van der Waals surface area contributed by atoms with Crippen LogP contribution < -0.4 is 24.4 Å². The van der Waals surface area contributed by atoms with E-state index in [-0.39, 0.29) is 28.7 Å². The number of benzene rings is 2. The molecule has 30 heavy (non-hydrogen) atoms. The van der Waals surface area contributed by atoms with Crippen LogP contribution in [0.2, 0.25) is 0 Å². The maximum atomic E-state index is 12.8. The Morgan fingerprint density at radius 2 is 1.87 bits per heavy atom. The van der Waals surface area contributed by atoms with Crippen molar-refractivity contribution in [1.82, 2.24) is 5.32 Å². The summed E-state index contributed by atoms with van der Waals surface area (Å²) in [7, 11) is 4.02. The molecule has 1 unspecified atom stereocenters. The second-order valence-electron chi connectivity index (χ2n) is 6.94. The Balaban J connectivity index is 1.76. The topological polar surface area (TPSA) is 103 Å². The minimum atomic E-state index is -0.650. The molecule has 9 nitrogen and oxygen atoms in total. The molecule has 1 aliphatic heterocycles. The number of carbonyl (C=O) groups excluding carboxylic acids is 1. The fourth-order valence-electron chi connectivity index (χ4n) is 3.70. The Morgan fingerprint density at radius 1 is 1.17 bits per heavy atom. The number of carbonyl (C=O) groups is 1. The predicted octanol–water partition coefficient (Wildman–Crippen LogP) is 2.88. The standard InChI is InChI=1S/C21H25N3O6/c1-28-17-11-16(18(24(26)27)20(30-3)19(17)29-2)21(25)22-12-14-9-10-23(13-14)15-7-5-4-6-8-15/h4-8,11,14H,9-10,12-13H2,1-3H3,(H,22,25). The first-order valence-corrected chi connectivity index (χ1v) is 9.55. The summed E-state index contributed by atoms with van der Waals surface area (Å²) in [5.74, 6) is -0.212. The SMILES string of the molecule is COc1cc(C(=O)NCC2CCN(c3ccccc3)C2)c([N+](=O)[O-])c(OC)c1OC. The van der Waals surface area contributed by atoms with Crippen LogP contribution in [0.15, 0.2) is 36.4 Å². The highest BCUT2D eigenvalue weighted by Crippen LogP contribution is 2.46. The Kier molecular flexibility index (Phi) is 6.61. The number of nitro groups is 1. The van der Waals surface area contributed by atoms with Gasteiger partial charge in [0.2, 0.25) is 11.5 Å². The molecule has 0 radical (unpaired) electrons. The van der Waals surface area contributed by atoms with E-state index < -0.39 is 16.5 Å². The average molecular weight is 415 g/mol. The van der Waals surface area contributed by atoms with Crippen LogP contribution in [0.1, 0.15) is 16.8 Å². The molecule has 2 aromatic rings. The van der Waals surface area contributed by atoms with E-state index in [4.69, 9.17) is 14.2 Å². The molecule has 9 heteroatoms. The van der Waals surface area contributed by atoms with Crippen molar-refractivity contribution in [1.29, 1.82) is 0 Å². The van der Waals surface area contributed by atoms with Crippen LogP contribution in [0.25, 0.3) is 0 Å². The number of nitrogens with zero attached hydrogens (tertiary/aromatic N) is 2. The van der Waals surface area contributed by atoms with Gasteiger partial charge in [0, 0.05) is 31.4 Å². The van der Waals surface area contributed by atoms with Crippen LogP contribution >= 0.6 is 0 Å². The van der Waals surface area contributed by atoms with Gasteiger partial charge in [0.1, 0.15) is 5.56 Å². The van der Waals surface area contributed by atoms with Gasteiger partial charge in [0.05, 0.1) is 26.3 Å². The summed E-state index contributed by atoms with van der Waals surface area (Å²) in [5, 5.41) is 14.5. The molecular formula is C21H25N3O6. The number of nitro benzene ring substituents is 1. The number of amides is 1. The third-order valence-corrected chi connectivity index (χ3v) is 5.19. The summed E-state index contributed by atoms with van der Waals surface area (Å²) >= 11 is 0. The summed E-state index contributed by atoms with van der Waals surface area (Å²) in [6.07, 6.45) is 0.923. The van der Waals surface area contributed by atoms with E-state index in [1.54, 1.807) is 0 Å². The molecule has 0 aromatic heterocycles. The fraction of sp³-hybridized carbons (Fsp3) is 0.381. The molecule has 0 saturated carbocycles. The molecule has 0 spiro atoms. The summed E-state index contributed by atoms with van der Waals surface area (Å²) in [5.41, 5.74) is 0.559. The first-order chi connectivity index (χ1) is 14.5. The first kappa shape index (κ1) is 21.2. The predicted molar refractivity (Wildman–Crippen MR) is 112 cm³/mol. The van der Waals surface area contributed by atoms with Crippen LogP contribution in [-0.4, -0.2) is 51.8 Å². The van der Waals surface area contributed by atoms with Gasteiger partial charge >= 0.3 is 5.69 Å². The van der Waals surface area contributed by atoms with Gasteiger partial charge in [-0.2, -0.15) is 0 Å². The van der Waals surface area contributed by atoms with Gasteiger partial charge in [0.25, 0.3) is 5.91 Å². The Labute approximate surface area is 174 Å². The van der Waals surface area contributed by atoms with Gasteiger partial charge in [-0.25, -0.2) is 0 Å². The van der Waals surface area contributed by atoms with Crippen molar-refractivity contribution in [3.8, 4) is 17.2 Å². The summed E-state index contributed by atoms with van der Waals surface area (Å²) in [6, 6.07) is 11.4. The minimum Gasteiger partial charge on any atom is -0.493 e. The maximum Gasteiger partial charge on any atom is 0.327 e. The van der Waals surface area contributed by atoms with E-state index in [0.29, 0.717) is 6.54 Å². The van der Waals surface area contributed by atoms with Crippen LogP contribution in [0, 0.1) is 16.0 Å². The molecule has 1 heterocycles. The van der Waals surface area contributed by atoms with E-state index in [1.165, 1.54) is 27.4 Å². The quantitative estimate of drug-likeness (QED) is 0.522. The van der Waals surface area contributed by atoms with E-state index in [2.05, 4.69) is 22.3 Å². The van der Waals surface area contributed by atoms with Crippen molar-refractivity contribution < 1.29 is 23.9 Å². The van der Waals surface area contributed by atoms with E-state index in [1.807, 2.05) is 18.2 Å². The van der Waals surface area contributed by atoms with Crippen molar-refractivity contribution in [2.24, 2.45) is 5.92 Å². The van der Waals surface area contributed by atoms with Crippen LogP contribution in [0.5, 0.6) is 17.2 Å². The van der Waals surface area contributed by atoms with Crippen molar-refractivity contribution in [2.75, 3.05) is 45.9 Å². The van der Waals surface area contributed by atoms with Crippen molar-refractivity contribution in [3.63, 3.8) is 0 Å². The van der Waals surface area contributed by atoms with Crippen molar-refractivity contribution in [2.45, 2.75) is 6.42 Å². The van der Waals surface area contributed by atoms with Crippen LogP contribution in [-0.2, 0) is 0 Å². The first-order valence-electron chi connectivity index (χ1n) is 9.55. The second-order valence-corrected chi connectivity index (χ2v) is 6.94. The highest BCUT2D eigenvalue weighted by Gasteiger charge is 2.33. The molecule has 0 aliphatic carbocycles. The number of ether oxygens (including phenoxy) is 3. The lowest BCUT2D eigenvalue weighted by molar-refractivity contribution is -0.386. The molecule has 0 bridgehead atoms. The van der Waals surface area contributed by atoms with Gasteiger partial charge in [0.15, 0.2) is 5.75 Å². The van der Waals surface area contributed by atoms with E-state index in [9.17, 15) is 14.9 Å². The van der Waals surface area contributed by atoms with E-state index in [0.717, 1.165) is 25.2 Å². The second kappa shape index (κ2) is 9.34. The van der Waals surface area contributed by atoms with Crippen LogP contribution in [0.4, 0.5) is 11.4 Å². The molecule has 160 valence electrons. The fourth-order valence-corrected chi connectivity index (χ4v) is 3.70. The monoisotopic (exact) mass is 415 g/mol. The highest BCUT2D eigenvalue weighted by atomic mass is 16.6. The summed E-state index contributed by atoms with van der Waals surface area (Å²) in [6.45, 7) is 2.12. The number of rotatable bonds is 8. The number of anilines is 1. The molecule has 1 atom stereocenters. The zero-order valence-electron chi connectivity index (χ0n) is 17.2. The molecular weight excluding hydrogens is 390 g/mol. The Bertz CT molecular complexity index is 919. The van der Waals surface area contributed by atoms with Crippen molar-refractivity contribution >= 4 is 17.3 Å². The van der Waals surface area contributed by atoms with Gasteiger partial charge in [-0.1, -0.05) is 18.2 Å². The zero-order chi connectivity index (χ0) is 21.7. The Hall–Kier alpha value is -3.49. The molecule has 1 aliphatic rings. The number of hydrogen-bond donors (Lipinski definition) is 1. The third-order valence-electron chi connectivity index (χ3n) is 5.19. The zero-order valence-corrected chi connectivity index (χ0v) is 17.2. The molecule has 1 saturated heterocycles. The average Bonchev–Trinajstić information content (AvgIpc) is 3.25. The molecule has 1 fully saturated rings. The van der Waals surface area contributed by atoms with Gasteiger partial charge in [-0.05, 0) is 24.5 Å². The van der Waals surface area contributed by atoms with E-state index >= 15 is 0 Å². The minimum absolute atomic E-state index is 0.0672. The van der Waals surface area contributed by atoms with Gasteiger partial charge < -0.3 is 24.4 Å². The number of methoxy groups -OCH3 is 3. The Morgan fingerprint density at radius 3 is 2.47 bits per heavy atom. The number of hydrogen-bond acceptors (Lipinski definition) is 7. The smallest absolute Gasteiger partial charge is 0.327 e. The molecule has 3 rings (SSSR count).